The Morgan fingerprint density at radius 3 is 1.89 bits per heavy atom. The van der Waals surface area contributed by atoms with Crippen LogP contribution in [0.25, 0.3) is 60.9 Å². The van der Waals surface area contributed by atoms with Gasteiger partial charge in [0.15, 0.2) is 0 Å². The Balaban J connectivity index is 0.00000574. The number of anilines is 4. The van der Waals surface area contributed by atoms with Gasteiger partial charge in [-0.05, 0) is 99.2 Å². The van der Waals surface area contributed by atoms with Gasteiger partial charge in [0.25, 0.3) is 0 Å². The molecule has 2 aliphatic heterocycles. The summed E-state index contributed by atoms with van der Waals surface area (Å²) in [5.41, 5.74) is 16.2. The van der Waals surface area contributed by atoms with Crippen LogP contribution in [0.15, 0.2) is 152 Å². The predicted octanol–water partition coefficient (Wildman–Crippen LogP) is 16.9. The van der Waals surface area contributed by atoms with Crippen LogP contribution >= 0.6 is 0 Å². The number of imidazole rings is 1. The first-order chi connectivity index (χ1) is 34.6. The Hall–Kier alpha value is -6.95. The molecule has 0 atom stereocenters. The molecule has 2 aliphatic rings. The van der Waals surface area contributed by atoms with Crippen molar-refractivity contribution in [2.24, 2.45) is 0 Å². The summed E-state index contributed by atoms with van der Waals surface area (Å²) >= 11 is 0. The molecule has 370 valence electrons. The molecule has 10 aromatic rings. The van der Waals surface area contributed by atoms with Gasteiger partial charge < -0.3 is 23.7 Å². The summed E-state index contributed by atoms with van der Waals surface area (Å²) in [6, 6.07) is 60.2. The molecule has 0 N–H and O–H groups in total. The molecule has 0 aliphatic carbocycles. The number of fused-ring (bicyclic) bond motifs is 7. The van der Waals surface area contributed by atoms with Gasteiger partial charge in [-0.2, -0.15) is 6.07 Å². The molecular formula is C65H61N6OPt-3. The van der Waals surface area contributed by atoms with Crippen LogP contribution in [0.2, 0.25) is 0 Å². The van der Waals surface area contributed by atoms with Crippen LogP contribution in [0.1, 0.15) is 97.7 Å². The number of aromatic nitrogens is 4. The summed E-state index contributed by atoms with van der Waals surface area (Å²) in [7, 11) is 0. The third kappa shape index (κ3) is 8.74. The Labute approximate surface area is 444 Å². The first kappa shape index (κ1) is 48.3. The van der Waals surface area contributed by atoms with Gasteiger partial charge >= 0.3 is 0 Å². The fraction of sp³-hybridized carbons (Fsp3) is 0.246. The van der Waals surface area contributed by atoms with E-state index in [2.05, 4.69) is 240 Å². The molecule has 73 heavy (non-hydrogen) atoms. The standard InChI is InChI=1S/C65H61N6O.Pt/c1-63(2,3)44-29-30-66-61(36-44)71-55-25-17-16-24-50(55)51-28-27-48(38-56(51)71)72-49-33-45(64(4,5)6)32-47(37-49)69-41-70(59-40-57-54(39-58(59)69)67-60-26-18-19-31-68(57)60)62-52(42-20-12-10-13-21-42)34-46(65(7,8)9)35-53(62)43-22-14-11-15-23-43;/h10-17,20-25,27-30,32-36,39-41H,18-19,26,31H2,1-9H3;/q-3;. The molecule has 0 amide bonds. The minimum Gasteiger partial charge on any atom is -0.509 e. The van der Waals surface area contributed by atoms with E-state index in [1.807, 2.05) is 12.3 Å². The number of hydrogen-bond acceptors (Lipinski definition) is 5. The number of ether oxygens (including phenoxy) is 1. The van der Waals surface area contributed by atoms with E-state index in [4.69, 9.17) is 14.7 Å². The second-order valence-corrected chi connectivity index (χ2v) is 22.8. The predicted molar refractivity (Wildman–Crippen MR) is 297 cm³/mol. The van der Waals surface area contributed by atoms with E-state index in [0.29, 0.717) is 11.5 Å². The zero-order valence-corrected chi connectivity index (χ0v) is 45.5. The van der Waals surface area contributed by atoms with Crippen molar-refractivity contribution in [3.8, 4) is 39.6 Å². The fourth-order valence-corrected chi connectivity index (χ4v) is 10.6. The quantitative estimate of drug-likeness (QED) is 0.149. The third-order valence-corrected chi connectivity index (χ3v) is 14.7. The van der Waals surface area contributed by atoms with Crippen molar-refractivity contribution in [3.05, 3.63) is 193 Å². The van der Waals surface area contributed by atoms with Crippen molar-refractivity contribution < 1.29 is 25.8 Å². The van der Waals surface area contributed by atoms with Crippen LogP contribution in [0.3, 0.4) is 0 Å². The average molecular weight is 1140 g/mol. The molecule has 12 rings (SSSR count). The summed E-state index contributed by atoms with van der Waals surface area (Å²) in [6.45, 7) is 23.6. The summed E-state index contributed by atoms with van der Waals surface area (Å²) in [5.74, 6) is 3.22. The minimum atomic E-state index is -0.218. The number of pyridine rings is 1. The maximum absolute atomic E-state index is 7.00. The van der Waals surface area contributed by atoms with Crippen molar-refractivity contribution in [1.82, 2.24) is 19.1 Å². The zero-order valence-electron chi connectivity index (χ0n) is 43.2. The number of aryl methyl sites for hydroxylation is 2. The SMILES string of the molecule is CC(C)(C)c1cc(Oc2[c-]c3c(cc2)c2ccccc2n3-c2cc(C(C)(C)C)ccn2)[c-]c(N2[CH-]N(c3c(-c4ccccc4)cc(C(C)(C)C)cc3-c3ccccc3)c3cc4c(cc32)nc2n4CCCC2)c1.[Pt]. The average Bonchev–Trinajstić information content (AvgIpc) is 4.04. The molecule has 5 heterocycles. The molecule has 0 spiro atoms. The van der Waals surface area contributed by atoms with Crippen molar-refractivity contribution >= 4 is 55.6 Å². The van der Waals surface area contributed by atoms with E-state index in [9.17, 15) is 0 Å². The molecule has 8 heteroatoms. The van der Waals surface area contributed by atoms with Gasteiger partial charge in [-0.25, -0.2) is 9.97 Å². The monoisotopic (exact) mass is 1140 g/mol. The number of rotatable bonds is 7. The van der Waals surface area contributed by atoms with E-state index in [1.165, 1.54) is 22.3 Å². The second-order valence-electron chi connectivity index (χ2n) is 22.8. The maximum atomic E-state index is 7.00. The maximum Gasteiger partial charge on any atom is 0.135 e. The van der Waals surface area contributed by atoms with E-state index in [1.54, 1.807) is 0 Å². The van der Waals surface area contributed by atoms with Crippen molar-refractivity contribution in [1.29, 1.82) is 0 Å². The Morgan fingerprint density at radius 2 is 1.21 bits per heavy atom. The summed E-state index contributed by atoms with van der Waals surface area (Å²) < 4.78 is 11.7. The summed E-state index contributed by atoms with van der Waals surface area (Å²) in [4.78, 5) is 15.0. The van der Waals surface area contributed by atoms with E-state index >= 15 is 0 Å². The van der Waals surface area contributed by atoms with Crippen molar-refractivity contribution in [2.75, 3.05) is 9.80 Å². The van der Waals surface area contributed by atoms with Gasteiger partial charge in [-0.15, -0.1) is 53.6 Å². The molecule has 7 nitrogen and oxygen atoms in total. The van der Waals surface area contributed by atoms with Gasteiger partial charge in [0, 0.05) is 85.4 Å². The van der Waals surface area contributed by atoms with Crippen LogP contribution in [0, 0.1) is 18.8 Å². The Morgan fingerprint density at radius 1 is 0.562 bits per heavy atom. The topological polar surface area (TPSA) is 51.4 Å². The van der Waals surface area contributed by atoms with Crippen LogP contribution in [0.5, 0.6) is 11.5 Å². The molecule has 7 aromatic carbocycles. The number of para-hydroxylation sites is 1. The summed E-state index contributed by atoms with van der Waals surface area (Å²) in [6.07, 6.45) is 5.20. The number of nitrogens with zero attached hydrogens (tertiary/aromatic N) is 6. The third-order valence-electron chi connectivity index (χ3n) is 14.7. The van der Waals surface area contributed by atoms with Gasteiger partial charge in [0.05, 0.1) is 11.0 Å². The van der Waals surface area contributed by atoms with Gasteiger partial charge in [-0.1, -0.05) is 147 Å². The molecule has 0 saturated carbocycles. The molecule has 0 bridgehead atoms. The van der Waals surface area contributed by atoms with E-state index < -0.39 is 0 Å². The molecule has 3 aromatic heterocycles. The van der Waals surface area contributed by atoms with Gasteiger partial charge in [0.2, 0.25) is 0 Å². The Kier molecular flexibility index (Phi) is 12.1. The van der Waals surface area contributed by atoms with Gasteiger partial charge in [-0.3, -0.25) is 0 Å². The first-order valence-corrected chi connectivity index (χ1v) is 25.5. The smallest absolute Gasteiger partial charge is 0.135 e. The minimum absolute atomic E-state index is 0. The van der Waals surface area contributed by atoms with Crippen LogP contribution in [-0.2, 0) is 50.3 Å². The molecule has 0 radical (unpaired) electrons. The van der Waals surface area contributed by atoms with Crippen molar-refractivity contribution in [3.63, 3.8) is 0 Å². The van der Waals surface area contributed by atoms with E-state index in [0.717, 1.165) is 110 Å². The number of hydrogen-bond donors (Lipinski definition) is 0. The fourth-order valence-electron chi connectivity index (χ4n) is 10.6. The second kappa shape index (κ2) is 18.2. The largest absolute Gasteiger partial charge is 0.509 e. The zero-order chi connectivity index (χ0) is 49.7. The summed E-state index contributed by atoms with van der Waals surface area (Å²) in [5, 5.41) is 2.23. The molecule has 0 unspecified atom stereocenters. The molecule has 0 fully saturated rings. The van der Waals surface area contributed by atoms with Crippen LogP contribution in [-0.4, -0.2) is 19.1 Å². The van der Waals surface area contributed by atoms with Crippen LogP contribution in [0.4, 0.5) is 22.7 Å². The van der Waals surface area contributed by atoms with Crippen LogP contribution < -0.4 is 14.5 Å². The number of benzene rings is 7. The van der Waals surface area contributed by atoms with Gasteiger partial charge in [0.1, 0.15) is 11.6 Å². The van der Waals surface area contributed by atoms with E-state index in [-0.39, 0.29) is 37.3 Å². The first-order valence-electron chi connectivity index (χ1n) is 25.5. The molecule has 0 saturated heterocycles. The normalized spacial score (nSPS) is 13.9. The Bertz CT molecular complexity index is 3660. The molecular weight excluding hydrogens is 1080 g/mol. The van der Waals surface area contributed by atoms with Crippen molar-refractivity contribution in [2.45, 2.75) is 104 Å².